The lowest BCUT2D eigenvalue weighted by Crippen LogP contribution is -2.55. The van der Waals surface area contributed by atoms with E-state index in [1.807, 2.05) is 6.92 Å². The molecule has 4 unspecified atom stereocenters. The second-order valence-corrected chi connectivity index (χ2v) is 6.44. The van der Waals surface area contributed by atoms with Crippen molar-refractivity contribution in [3.8, 4) is 0 Å². The van der Waals surface area contributed by atoms with Gasteiger partial charge in [-0.2, -0.15) is 0 Å². The van der Waals surface area contributed by atoms with Crippen LogP contribution in [0.15, 0.2) is 0 Å². The first-order valence-corrected chi connectivity index (χ1v) is 7.91. The van der Waals surface area contributed by atoms with Crippen molar-refractivity contribution < 1.29 is 14.2 Å². The topological polar surface area (TPSA) is 65.7 Å². The molecule has 0 aliphatic carbocycles. The molecule has 0 bridgehead atoms. The van der Waals surface area contributed by atoms with E-state index in [1.165, 1.54) is 0 Å². The minimum absolute atomic E-state index is 0.0776. The molecule has 2 rings (SSSR count). The Bertz CT molecular complexity index is 293. The van der Waals surface area contributed by atoms with Crippen LogP contribution in [0.4, 0.5) is 0 Å². The van der Waals surface area contributed by atoms with E-state index < -0.39 is 0 Å². The molecule has 4 atom stereocenters. The van der Waals surface area contributed by atoms with Crippen LogP contribution in [0.3, 0.4) is 0 Å². The highest BCUT2D eigenvalue weighted by Crippen LogP contribution is 2.38. The van der Waals surface area contributed by atoms with E-state index in [9.17, 15) is 0 Å². The van der Waals surface area contributed by atoms with Crippen molar-refractivity contribution in [2.75, 3.05) is 26.4 Å². The molecular formula is C15H30N2O3. The third-order valence-corrected chi connectivity index (χ3v) is 4.67. The standard InChI is InChI=1S/C15H30N2O3/c1-4-19-14(11(2)3)13(17-16)12-5-7-20-15(9-12)6-8-18-10-15/h11-14,17H,4-10,16H2,1-3H3. The Morgan fingerprint density at radius 3 is 2.75 bits per heavy atom. The normalized spacial score (nSPS) is 33.8. The molecule has 0 radical (unpaired) electrons. The quantitative estimate of drug-likeness (QED) is 0.572. The highest BCUT2D eigenvalue weighted by molar-refractivity contribution is 4.95. The van der Waals surface area contributed by atoms with E-state index >= 15 is 0 Å². The molecular weight excluding hydrogens is 256 g/mol. The SMILES string of the molecule is CCOC(C(C)C)C(NN)C1CCOC2(CCOC2)C1. The van der Waals surface area contributed by atoms with Crippen molar-refractivity contribution >= 4 is 0 Å². The zero-order chi connectivity index (χ0) is 14.6. The predicted octanol–water partition coefficient (Wildman–Crippen LogP) is 1.47. The Morgan fingerprint density at radius 1 is 1.40 bits per heavy atom. The number of hydrogen-bond donors (Lipinski definition) is 2. The van der Waals surface area contributed by atoms with Gasteiger partial charge in [-0.1, -0.05) is 13.8 Å². The summed E-state index contributed by atoms with van der Waals surface area (Å²) in [5.74, 6) is 6.78. The third kappa shape index (κ3) is 3.52. The summed E-state index contributed by atoms with van der Waals surface area (Å²) in [6, 6.07) is 0.177. The second-order valence-electron chi connectivity index (χ2n) is 6.44. The number of hydrazine groups is 1. The lowest BCUT2D eigenvalue weighted by molar-refractivity contribution is -0.116. The predicted molar refractivity (Wildman–Crippen MR) is 78.2 cm³/mol. The third-order valence-electron chi connectivity index (χ3n) is 4.67. The number of hydrogen-bond acceptors (Lipinski definition) is 5. The van der Waals surface area contributed by atoms with Crippen LogP contribution >= 0.6 is 0 Å². The number of nitrogens with one attached hydrogen (secondary N) is 1. The van der Waals surface area contributed by atoms with E-state index in [0.29, 0.717) is 11.8 Å². The molecule has 5 heteroatoms. The fourth-order valence-electron chi connectivity index (χ4n) is 3.64. The number of ether oxygens (including phenoxy) is 3. The molecule has 0 aromatic carbocycles. The van der Waals surface area contributed by atoms with Gasteiger partial charge in [-0.05, 0) is 31.6 Å². The minimum atomic E-state index is -0.0776. The highest BCUT2D eigenvalue weighted by Gasteiger charge is 2.44. The smallest absolute Gasteiger partial charge is 0.0939 e. The largest absolute Gasteiger partial charge is 0.378 e. The molecule has 0 aromatic rings. The van der Waals surface area contributed by atoms with E-state index in [4.69, 9.17) is 20.1 Å². The second kappa shape index (κ2) is 7.18. The summed E-state index contributed by atoms with van der Waals surface area (Å²) in [4.78, 5) is 0. The summed E-state index contributed by atoms with van der Waals surface area (Å²) in [5, 5.41) is 0. The van der Waals surface area contributed by atoms with Crippen LogP contribution in [0, 0.1) is 11.8 Å². The zero-order valence-corrected chi connectivity index (χ0v) is 13.1. The summed E-state index contributed by atoms with van der Waals surface area (Å²) in [5.41, 5.74) is 2.95. The molecule has 3 N–H and O–H groups in total. The van der Waals surface area contributed by atoms with Crippen LogP contribution in [-0.2, 0) is 14.2 Å². The van der Waals surface area contributed by atoms with Crippen molar-refractivity contribution in [2.45, 2.75) is 57.8 Å². The van der Waals surface area contributed by atoms with Crippen molar-refractivity contribution in [3.63, 3.8) is 0 Å². The molecule has 1 spiro atoms. The Balaban J connectivity index is 2.05. The Kier molecular flexibility index (Phi) is 5.81. The van der Waals surface area contributed by atoms with Crippen LogP contribution in [0.1, 0.15) is 40.0 Å². The summed E-state index contributed by atoms with van der Waals surface area (Å²) < 4.78 is 17.5. The summed E-state index contributed by atoms with van der Waals surface area (Å²) in [7, 11) is 0. The average Bonchev–Trinajstić information content (AvgIpc) is 2.86. The summed E-state index contributed by atoms with van der Waals surface area (Å²) in [6.45, 7) is 9.48. The Labute approximate surface area is 122 Å². The van der Waals surface area contributed by atoms with Gasteiger partial charge in [-0.3, -0.25) is 11.3 Å². The summed E-state index contributed by atoms with van der Waals surface area (Å²) in [6.07, 6.45) is 3.19. The molecule has 5 nitrogen and oxygen atoms in total. The molecule has 2 fully saturated rings. The van der Waals surface area contributed by atoms with Gasteiger partial charge in [0.2, 0.25) is 0 Å². The maximum atomic E-state index is 6.02. The lowest BCUT2D eigenvalue weighted by atomic mass is 9.78. The maximum Gasteiger partial charge on any atom is 0.0939 e. The zero-order valence-electron chi connectivity index (χ0n) is 13.1. The highest BCUT2D eigenvalue weighted by atomic mass is 16.6. The van der Waals surface area contributed by atoms with Gasteiger partial charge in [0.15, 0.2) is 0 Å². The lowest BCUT2D eigenvalue weighted by Gasteiger charge is -2.43. The summed E-state index contributed by atoms with van der Waals surface area (Å²) >= 11 is 0. The molecule has 2 aliphatic heterocycles. The van der Waals surface area contributed by atoms with Crippen molar-refractivity contribution in [2.24, 2.45) is 17.7 Å². The van der Waals surface area contributed by atoms with Crippen LogP contribution < -0.4 is 11.3 Å². The van der Waals surface area contributed by atoms with E-state index in [1.54, 1.807) is 0 Å². The number of nitrogens with two attached hydrogens (primary N) is 1. The number of rotatable bonds is 6. The minimum Gasteiger partial charge on any atom is -0.378 e. The first-order valence-electron chi connectivity index (χ1n) is 7.91. The van der Waals surface area contributed by atoms with Gasteiger partial charge >= 0.3 is 0 Å². The van der Waals surface area contributed by atoms with Gasteiger partial charge in [0, 0.05) is 26.2 Å². The van der Waals surface area contributed by atoms with Gasteiger partial charge in [0.1, 0.15) is 0 Å². The fourth-order valence-corrected chi connectivity index (χ4v) is 3.64. The van der Waals surface area contributed by atoms with Crippen molar-refractivity contribution in [3.05, 3.63) is 0 Å². The van der Waals surface area contributed by atoms with Crippen LogP contribution in [0.25, 0.3) is 0 Å². The van der Waals surface area contributed by atoms with E-state index in [2.05, 4.69) is 19.3 Å². The fraction of sp³-hybridized carbons (Fsp3) is 1.00. The Hall–Kier alpha value is -0.200. The molecule has 2 aliphatic rings. The van der Waals surface area contributed by atoms with E-state index in [0.717, 1.165) is 45.7 Å². The van der Waals surface area contributed by atoms with Crippen molar-refractivity contribution in [1.82, 2.24) is 5.43 Å². The van der Waals surface area contributed by atoms with Crippen LogP contribution in [0.5, 0.6) is 0 Å². The van der Waals surface area contributed by atoms with Gasteiger partial charge in [0.05, 0.1) is 24.4 Å². The van der Waals surface area contributed by atoms with Gasteiger partial charge < -0.3 is 14.2 Å². The van der Waals surface area contributed by atoms with E-state index in [-0.39, 0.29) is 17.7 Å². The molecule has 0 saturated carbocycles. The van der Waals surface area contributed by atoms with Gasteiger partial charge in [-0.25, -0.2) is 0 Å². The Morgan fingerprint density at radius 2 is 2.20 bits per heavy atom. The average molecular weight is 286 g/mol. The van der Waals surface area contributed by atoms with Gasteiger partial charge in [-0.15, -0.1) is 0 Å². The van der Waals surface area contributed by atoms with Crippen LogP contribution in [0.2, 0.25) is 0 Å². The van der Waals surface area contributed by atoms with Crippen LogP contribution in [-0.4, -0.2) is 44.2 Å². The molecule has 118 valence electrons. The molecule has 0 amide bonds. The first-order chi connectivity index (χ1) is 9.62. The maximum absolute atomic E-state index is 6.02. The van der Waals surface area contributed by atoms with Crippen molar-refractivity contribution in [1.29, 1.82) is 0 Å². The molecule has 2 saturated heterocycles. The van der Waals surface area contributed by atoms with Gasteiger partial charge in [0.25, 0.3) is 0 Å². The molecule has 2 heterocycles. The first kappa shape index (κ1) is 16.2. The monoisotopic (exact) mass is 286 g/mol. The molecule has 20 heavy (non-hydrogen) atoms. The molecule has 0 aromatic heterocycles.